The topological polar surface area (TPSA) is 12.9 Å². The molecule has 1 fully saturated rings. The van der Waals surface area contributed by atoms with E-state index in [9.17, 15) is 0 Å². The minimum absolute atomic E-state index is 0.683. The van der Waals surface area contributed by atoms with Gasteiger partial charge >= 0.3 is 0 Å². The Morgan fingerprint density at radius 2 is 1.67 bits per heavy atom. The number of aromatic nitrogens is 1. The van der Waals surface area contributed by atoms with Crippen LogP contribution in [-0.2, 0) is 6.42 Å². The number of hydrogen-bond acceptors (Lipinski definition) is 1. The maximum absolute atomic E-state index is 4.72. The van der Waals surface area contributed by atoms with Crippen LogP contribution in [0.15, 0.2) is 67.9 Å². The van der Waals surface area contributed by atoms with Crippen molar-refractivity contribution < 1.29 is 0 Å². The van der Waals surface area contributed by atoms with Gasteiger partial charge in [0.15, 0.2) is 0 Å². The Morgan fingerprint density at radius 1 is 0.917 bits per heavy atom. The molecule has 0 atom stereocenters. The lowest BCUT2D eigenvalue weighted by Gasteiger charge is -2.28. The summed E-state index contributed by atoms with van der Waals surface area (Å²) in [6.07, 6.45) is 13.4. The van der Waals surface area contributed by atoms with E-state index >= 15 is 0 Å². The maximum Gasteiger partial charge on any atom is 0.0702 e. The zero-order chi connectivity index (χ0) is 16.8. The highest BCUT2D eigenvalue weighted by molar-refractivity contribution is 5.59. The Bertz CT molecular complexity index is 658. The van der Waals surface area contributed by atoms with Crippen molar-refractivity contribution in [1.29, 1.82) is 0 Å². The van der Waals surface area contributed by atoms with Crippen LogP contribution < -0.4 is 0 Å². The molecule has 1 aliphatic rings. The molecule has 0 bridgehead atoms. The monoisotopic (exact) mass is 317 g/mol. The molecule has 0 amide bonds. The molecule has 0 aliphatic heterocycles. The number of pyridine rings is 1. The number of hydrogen-bond donors (Lipinski definition) is 0. The number of nitrogens with zero attached hydrogens (tertiary/aromatic N) is 1. The van der Waals surface area contributed by atoms with E-state index in [1.54, 1.807) is 0 Å². The number of benzene rings is 1. The Labute approximate surface area is 146 Å². The second-order valence-electron chi connectivity index (χ2n) is 6.91. The number of allylic oxidation sites excluding steroid dienone is 2. The Hall–Kier alpha value is -2.15. The third-order valence-electron chi connectivity index (χ3n) is 5.23. The molecule has 0 unspecified atom stereocenters. The fraction of sp³-hybridized carbons (Fsp3) is 0.348. The second-order valence-corrected chi connectivity index (χ2v) is 6.91. The molecule has 124 valence electrons. The van der Waals surface area contributed by atoms with Gasteiger partial charge in [-0.15, -0.1) is 13.2 Å². The van der Waals surface area contributed by atoms with Crippen molar-refractivity contribution in [2.24, 2.45) is 5.92 Å². The molecule has 0 saturated heterocycles. The minimum atomic E-state index is 0.683. The second kappa shape index (κ2) is 8.10. The van der Waals surface area contributed by atoms with Gasteiger partial charge in [0.25, 0.3) is 0 Å². The van der Waals surface area contributed by atoms with Crippen LogP contribution in [0.5, 0.6) is 0 Å². The quantitative estimate of drug-likeness (QED) is 0.567. The average molecular weight is 317 g/mol. The fourth-order valence-electron chi connectivity index (χ4n) is 3.76. The minimum Gasteiger partial charge on any atom is -0.256 e. The Morgan fingerprint density at radius 3 is 2.25 bits per heavy atom. The number of rotatable bonds is 6. The van der Waals surface area contributed by atoms with Gasteiger partial charge in [-0.1, -0.05) is 42.5 Å². The average Bonchev–Trinajstić information content (AvgIpc) is 2.64. The van der Waals surface area contributed by atoms with E-state index in [0.29, 0.717) is 5.92 Å². The predicted octanol–water partition coefficient (Wildman–Crippen LogP) is 6.33. The summed E-state index contributed by atoms with van der Waals surface area (Å²) >= 11 is 0. The summed E-state index contributed by atoms with van der Waals surface area (Å²) in [6, 6.07) is 13.1. The molecule has 1 nitrogen and oxygen atoms in total. The summed E-state index contributed by atoms with van der Waals surface area (Å²) in [5.74, 6) is 1.53. The molecule has 1 heteroatoms. The molecule has 0 radical (unpaired) electrons. The van der Waals surface area contributed by atoms with Crippen LogP contribution in [0.25, 0.3) is 11.3 Å². The first-order chi connectivity index (χ1) is 11.8. The highest BCUT2D eigenvalue weighted by Crippen LogP contribution is 2.37. The SMILES string of the molecule is C=CCc1ccc(-c2ccc(C3CCC(CC=C)CC3)cn2)cc1. The predicted molar refractivity (Wildman–Crippen MR) is 103 cm³/mol. The van der Waals surface area contributed by atoms with Gasteiger partial charge in [-0.05, 0) is 67.6 Å². The van der Waals surface area contributed by atoms with Gasteiger partial charge in [0.05, 0.1) is 5.69 Å². The van der Waals surface area contributed by atoms with Crippen molar-refractivity contribution in [3.63, 3.8) is 0 Å². The summed E-state index contributed by atoms with van der Waals surface area (Å²) in [7, 11) is 0. The summed E-state index contributed by atoms with van der Waals surface area (Å²) in [4.78, 5) is 4.72. The molecule has 1 aliphatic carbocycles. The van der Waals surface area contributed by atoms with Gasteiger partial charge in [0.2, 0.25) is 0 Å². The maximum atomic E-state index is 4.72. The van der Waals surface area contributed by atoms with Crippen molar-refractivity contribution in [1.82, 2.24) is 4.98 Å². The van der Waals surface area contributed by atoms with Crippen LogP contribution in [0.3, 0.4) is 0 Å². The van der Waals surface area contributed by atoms with E-state index < -0.39 is 0 Å². The molecular weight excluding hydrogens is 290 g/mol. The van der Waals surface area contributed by atoms with Crippen molar-refractivity contribution in [3.05, 3.63) is 79.0 Å². The lowest BCUT2D eigenvalue weighted by atomic mass is 9.78. The molecule has 0 spiro atoms. The van der Waals surface area contributed by atoms with E-state index in [1.807, 2.05) is 6.08 Å². The molecule has 2 aromatic rings. The van der Waals surface area contributed by atoms with Gasteiger partial charge in [-0.3, -0.25) is 4.98 Å². The van der Waals surface area contributed by atoms with Crippen LogP contribution in [-0.4, -0.2) is 4.98 Å². The highest BCUT2D eigenvalue weighted by Gasteiger charge is 2.21. The van der Waals surface area contributed by atoms with E-state index in [1.165, 1.54) is 48.8 Å². The molecule has 1 heterocycles. The molecule has 1 aromatic carbocycles. The Kier molecular flexibility index (Phi) is 5.63. The largest absolute Gasteiger partial charge is 0.256 e. The molecule has 1 aromatic heterocycles. The van der Waals surface area contributed by atoms with Crippen LogP contribution >= 0.6 is 0 Å². The highest BCUT2D eigenvalue weighted by atomic mass is 14.7. The van der Waals surface area contributed by atoms with Crippen molar-refractivity contribution in [2.75, 3.05) is 0 Å². The molecular formula is C23H27N. The summed E-state index contributed by atoms with van der Waals surface area (Å²) in [6.45, 7) is 7.66. The fourth-order valence-corrected chi connectivity index (χ4v) is 3.76. The summed E-state index contributed by atoms with van der Waals surface area (Å²) < 4.78 is 0. The zero-order valence-electron chi connectivity index (χ0n) is 14.5. The lowest BCUT2D eigenvalue weighted by Crippen LogP contribution is -2.13. The van der Waals surface area contributed by atoms with E-state index in [-0.39, 0.29) is 0 Å². The zero-order valence-corrected chi connectivity index (χ0v) is 14.5. The van der Waals surface area contributed by atoms with Gasteiger partial charge in [-0.2, -0.15) is 0 Å². The van der Waals surface area contributed by atoms with Gasteiger partial charge < -0.3 is 0 Å². The van der Waals surface area contributed by atoms with Crippen LogP contribution in [0.2, 0.25) is 0 Å². The van der Waals surface area contributed by atoms with Crippen molar-refractivity contribution in [2.45, 2.75) is 44.4 Å². The van der Waals surface area contributed by atoms with Crippen LogP contribution in [0, 0.1) is 5.92 Å². The van der Waals surface area contributed by atoms with E-state index in [4.69, 9.17) is 4.98 Å². The summed E-state index contributed by atoms with van der Waals surface area (Å²) in [5.41, 5.74) is 4.94. The van der Waals surface area contributed by atoms with Crippen molar-refractivity contribution >= 4 is 0 Å². The first-order valence-electron chi connectivity index (χ1n) is 9.07. The van der Waals surface area contributed by atoms with E-state index in [2.05, 4.69) is 61.8 Å². The van der Waals surface area contributed by atoms with Gasteiger partial charge in [0.1, 0.15) is 0 Å². The lowest BCUT2D eigenvalue weighted by molar-refractivity contribution is 0.328. The normalized spacial score (nSPS) is 20.5. The standard InChI is InChI=1S/C23H27N/c1-3-5-18-7-11-20(12-8-18)22-15-16-23(24-17-22)21-13-9-19(6-4-2)10-14-21/h3-4,9-10,13-18,20H,1-2,5-8,11-12H2. The molecule has 0 N–H and O–H groups in total. The third-order valence-corrected chi connectivity index (χ3v) is 5.23. The Balaban J connectivity index is 1.65. The summed E-state index contributed by atoms with van der Waals surface area (Å²) in [5, 5.41) is 0. The molecule has 1 saturated carbocycles. The van der Waals surface area contributed by atoms with Crippen LogP contribution in [0.1, 0.15) is 49.1 Å². The van der Waals surface area contributed by atoms with Gasteiger partial charge in [0, 0.05) is 11.8 Å². The smallest absolute Gasteiger partial charge is 0.0702 e. The third kappa shape index (κ3) is 4.03. The van der Waals surface area contributed by atoms with Gasteiger partial charge in [-0.25, -0.2) is 0 Å². The first kappa shape index (κ1) is 16.7. The van der Waals surface area contributed by atoms with Crippen molar-refractivity contribution in [3.8, 4) is 11.3 Å². The molecule has 24 heavy (non-hydrogen) atoms. The van der Waals surface area contributed by atoms with E-state index in [0.717, 1.165) is 18.0 Å². The van der Waals surface area contributed by atoms with Crippen LogP contribution in [0.4, 0.5) is 0 Å². The first-order valence-corrected chi connectivity index (χ1v) is 9.07. The molecule has 3 rings (SSSR count).